The topological polar surface area (TPSA) is 47.1 Å². The molecule has 0 saturated heterocycles. The van der Waals surface area contributed by atoms with Gasteiger partial charge in [-0.2, -0.15) is 5.10 Å². The molecule has 0 saturated carbocycles. The van der Waals surface area contributed by atoms with Crippen LogP contribution in [0.4, 0.5) is 5.69 Å². The summed E-state index contributed by atoms with van der Waals surface area (Å²) >= 11 is 0. The Morgan fingerprint density at radius 2 is 2.00 bits per heavy atom. The average molecular weight is 286 g/mol. The Balaban J connectivity index is 2.31. The second-order valence-corrected chi connectivity index (χ2v) is 6.00. The zero-order valence-corrected chi connectivity index (χ0v) is 13.7. The Hall–Kier alpha value is -1.81. The van der Waals surface area contributed by atoms with Crippen LogP contribution in [0.5, 0.6) is 0 Å². The normalized spacial score (nSPS) is 12.7. The van der Waals surface area contributed by atoms with E-state index in [1.165, 1.54) is 16.8 Å². The highest BCUT2D eigenvalue weighted by atomic mass is 15.3. The summed E-state index contributed by atoms with van der Waals surface area (Å²) in [5.41, 5.74) is 11.0. The Kier molecular flexibility index (Phi) is 4.68. The van der Waals surface area contributed by atoms with Gasteiger partial charge in [0.1, 0.15) is 0 Å². The summed E-state index contributed by atoms with van der Waals surface area (Å²) in [6.07, 6.45) is 4.03. The molecule has 1 unspecified atom stereocenters. The van der Waals surface area contributed by atoms with Gasteiger partial charge in [-0.05, 0) is 39.3 Å². The molecule has 0 aliphatic carbocycles. The highest BCUT2D eigenvalue weighted by molar-refractivity contribution is 5.55. The summed E-state index contributed by atoms with van der Waals surface area (Å²) in [5.74, 6) is 0. The van der Waals surface area contributed by atoms with E-state index >= 15 is 0 Å². The van der Waals surface area contributed by atoms with Gasteiger partial charge in [-0.3, -0.25) is 4.68 Å². The first-order valence-corrected chi connectivity index (χ1v) is 7.48. The van der Waals surface area contributed by atoms with Crippen LogP contribution >= 0.6 is 0 Å². The molecule has 4 heteroatoms. The van der Waals surface area contributed by atoms with Gasteiger partial charge in [-0.15, -0.1) is 0 Å². The molecule has 0 radical (unpaired) electrons. The molecule has 0 fully saturated rings. The maximum atomic E-state index is 6.03. The van der Waals surface area contributed by atoms with E-state index in [4.69, 9.17) is 5.73 Å². The van der Waals surface area contributed by atoms with Gasteiger partial charge in [0.2, 0.25) is 0 Å². The number of aryl methyl sites for hydroxylation is 2. The summed E-state index contributed by atoms with van der Waals surface area (Å²) in [5, 5.41) is 4.43. The zero-order valence-electron chi connectivity index (χ0n) is 13.7. The molecule has 0 amide bonds. The van der Waals surface area contributed by atoms with Crippen LogP contribution < -0.4 is 10.6 Å². The summed E-state index contributed by atoms with van der Waals surface area (Å²) in [4.78, 5) is 2.25. The van der Waals surface area contributed by atoms with Crippen LogP contribution in [0.2, 0.25) is 0 Å². The summed E-state index contributed by atoms with van der Waals surface area (Å²) < 4.78 is 1.98. The quantitative estimate of drug-likeness (QED) is 0.918. The summed E-state index contributed by atoms with van der Waals surface area (Å²) in [6.45, 7) is 9.07. The molecule has 114 valence electrons. The molecular formula is C17H26N4. The van der Waals surface area contributed by atoms with Crippen LogP contribution in [0.25, 0.3) is 0 Å². The Morgan fingerprint density at radius 1 is 1.29 bits per heavy atom. The Labute approximate surface area is 127 Å². The van der Waals surface area contributed by atoms with Gasteiger partial charge in [0.25, 0.3) is 0 Å². The molecular weight excluding hydrogens is 260 g/mol. The Morgan fingerprint density at radius 3 is 2.52 bits per heavy atom. The predicted molar refractivity (Wildman–Crippen MR) is 88.7 cm³/mol. The maximum Gasteiger partial charge on any atom is 0.0692 e. The van der Waals surface area contributed by atoms with Gasteiger partial charge >= 0.3 is 0 Å². The number of anilines is 1. The number of nitrogens with zero attached hydrogens (tertiary/aromatic N) is 3. The fourth-order valence-corrected chi connectivity index (χ4v) is 2.69. The van der Waals surface area contributed by atoms with Crippen LogP contribution in [-0.4, -0.2) is 23.4 Å². The van der Waals surface area contributed by atoms with Gasteiger partial charge in [0.05, 0.1) is 12.2 Å². The van der Waals surface area contributed by atoms with Crippen molar-refractivity contribution >= 4 is 5.69 Å². The molecule has 1 atom stereocenters. The highest BCUT2D eigenvalue weighted by Gasteiger charge is 2.19. The van der Waals surface area contributed by atoms with E-state index in [0.29, 0.717) is 12.6 Å². The zero-order chi connectivity index (χ0) is 15.6. The molecule has 0 bridgehead atoms. The van der Waals surface area contributed by atoms with Crippen molar-refractivity contribution in [2.75, 3.05) is 18.5 Å². The van der Waals surface area contributed by atoms with E-state index in [9.17, 15) is 0 Å². The second-order valence-electron chi connectivity index (χ2n) is 6.00. The lowest BCUT2D eigenvalue weighted by Gasteiger charge is -2.30. The molecule has 0 aliphatic rings. The molecule has 2 N–H and O–H groups in total. The molecule has 0 spiro atoms. The first kappa shape index (κ1) is 15.6. The molecule has 21 heavy (non-hydrogen) atoms. The van der Waals surface area contributed by atoms with Crippen LogP contribution in [0.3, 0.4) is 0 Å². The van der Waals surface area contributed by atoms with Crippen molar-refractivity contribution in [2.24, 2.45) is 5.73 Å². The van der Waals surface area contributed by atoms with Crippen molar-refractivity contribution in [2.45, 2.75) is 39.8 Å². The number of likely N-dealkylation sites (N-methyl/N-ethyl adjacent to an activating group) is 1. The largest absolute Gasteiger partial charge is 0.366 e. The Bertz CT molecular complexity index is 601. The molecule has 1 aromatic heterocycles. The third-order valence-corrected chi connectivity index (χ3v) is 3.96. The number of nitrogens with two attached hydrogens (primary N) is 1. The maximum absolute atomic E-state index is 6.03. The fourth-order valence-electron chi connectivity index (χ4n) is 2.69. The van der Waals surface area contributed by atoms with Crippen molar-refractivity contribution in [1.82, 2.24) is 9.78 Å². The van der Waals surface area contributed by atoms with Crippen LogP contribution in [0, 0.1) is 13.8 Å². The van der Waals surface area contributed by atoms with Gasteiger partial charge < -0.3 is 10.6 Å². The number of hydrogen-bond acceptors (Lipinski definition) is 3. The number of rotatable bonds is 5. The monoisotopic (exact) mass is 286 g/mol. The average Bonchev–Trinajstić information content (AvgIpc) is 2.89. The molecule has 2 aromatic rings. The van der Waals surface area contributed by atoms with Crippen LogP contribution in [0.1, 0.15) is 42.6 Å². The van der Waals surface area contributed by atoms with Crippen molar-refractivity contribution in [3.05, 3.63) is 47.3 Å². The van der Waals surface area contributed by atoms with E-state index in [0.717, 1.165) is 5.56 Å². The van der Waals surface area contributed by atoms with E-state index in [-0.39, 0.29) is 6.04 Å². The second kappa shape index (κ2) is 6.31. The fraction of sp³-hybridized carbons (Fsp3) is 0.471. The summed E-state index contributed by atoms with van der Waals surface area (Å²) in [6, 6.07) is 7.02. The summed E-state index contributed by atoms with van der Waals surface area (Å²) in [7, 11) is 2.10. The molecule has 1 heterocycles. The minimum absolute atomic E-state index is 0.138. The number of hydrogen-bond donors (Lipinski definition) is 1. The number of benzene rings is 1. The van der Waals surface area contributed by atoms with Gasteiger partial charge in [0, 0.05) is 37.1 Å². The van der Waals surface area contributed by atoms with Crippen molar-refractivity contribution in [3.8, 4) is 0 Å². The highest BCUT2D eigenvalue weighted by Crippen LogP contribution is 2.28. The first-order chi connectivity index (χ1) is 9.93. The van der Waals surface area contributed by atoms with E-state index in [2.05, 4.69) is 69.1 Å². The number of aromatic nitrogens is 2. The van der Waals surface area contributed by atoms with Crippen molar-refractivity contribution in [3.63, 3.8) is 0 Å². The lowest BCUT2D eigenvalue weighted by atomic mass is 10.1. The van der Waals surface area contributed by atoms with Crippen LogP contribution in [-0.2, 0) is 0 Å². The molecule has 1 aromatic carbocycles. The first-order valence-electron chi connectivity index (χ1n) is 7.48. The SMILES string of the molecule is Cc1ccc(N(C)C(CN)c2cnn(C(C)C)c2)c(C)c1. The lowest BCUT2D eigenvalue weighted by molar-refractivity contribution is 0.531. The third-order valence-electron chi connectivity index (χ3n) is 3.96. The molecule has 0 aliphatic heterocycles. The van der Waals surface area contributed by atoms with Crippen LogP contribution in [0.15, 0.2) is 30.6 Å². The van der Waals surface area contributed by atoms with E-state index in [1.807, 2.05) is 10.9 Å². The van der Waals surface area contributed by atoms with Gasteiger partial charge in [-0.25, -0.2) is 0 Å². The van der Waals surface area contributed by atoms with E-state index in [1.54, 1.807) is 0 Å². The lowest BCUT2D eigenvalue weighted by Crippen LogP contribution is -2.30. The van der Waals surface area contributed by atoms with Crippen molar-refractivity contribution in [1.29, 1.82) is 0 Å². The smallest absolute Gasteiger partial charge is 0.0692 e. The van der Waals surface area contributed by atoms with Crippen molar-refractivity contribution < 1.29 is 0 Å². The standard InChI is InChI=1S/C17H26N4/c1-12(2)21-11-15(10-19-21)17(9-18)20(5)16-7-6-13(3)8-14(16)4/h6-8,10-12,17H,9,18H2,1-5H3. The molecule has 2 rings (SSSR count). The van der Waals surface area contributed by atoms with Gasteiger partial charge in [-0.1, -0.05) is 17.7 Å². The van der Waals surface area contributed by atoms with E-state index < -0.39 is 0 Å². The van der Waals surface area contributed by atoms with Gasteiger partial charge in [0.15, 0.2) is 0 Å². The minimum Gasteiger partial charge on any atom is -0.366 e. The third kappa shape index (κ3) is 3.27. The predicted octanol–water partition coefficient (Wildman–Crippen LogP) is 3.22. The minimum atomic E-state index is 0.138. The molecule has 4 nitrogen and oxygen atoms in total.